The summed E-state index contributed by atoms with van der Waals surface area (Å²) in [5.41, 5.74) is 1.41. The van der Waals surface area contributed by atoms with E-state index >= 15 is 0 Å². The van der Waals surface area contributed by atoms with Crippen molar-refractivity contribution in [3.05, 3.63) is 65.7 Å². The number of likely N-dealkylation sites (tertiary alicyclic amines) is 1. The molecular weight excluding hydrogens is 370 g/mol. The fourth-order valence-corrected chi connectivity index (χ4v) is 4.23. The number of hydrogen-bond acceptors (Lipinski definition) is 2. The molecule has 1 aliphatic heterocycles. The highest BCUT2D eigenvalue weighted by Crippen LogP contribution is 2.27. The zero-order valence-corrected chi connectivity index (χ0v) is 17.2. The van der Waals surface area contributed by atoms with Gasteiger partial charge in [-0.05, 0) is 68.8 Å². The van der Waals surface area contributed by atoms with Crippen LogP contribution in [0.1, 0.15) is 51.0 Å². The van der Waals surface area contributed by atoms with Crippen molar-refractivity contribution in [1.29, 1.82) is 0 Å². The van der Waals surface area contributed by atoms with Gasteiger partial charge in [0.25, 0.3) is 0 Å². The van der Waals surface area contributed by atoms with Crippen molar-refractivity contribution in [2.24, 2.45) is 5.92 Å². The summed E-state index contributed by atoms with van der Waals surface area (Å²) < 4.78 is 26.7. The SMILES string of the molecule is C[C@@H](C[C@H](C)N1CCC(CC(=O)Nc2ccc(F)cc2F)CC1)c1ccccc1. The van der Waals surface area contributed by atoms with Crippen molar-refractivity contribution in [2.45, 2.75) is 51.5 Å². The standard InChI is InChI=1S/C24H30F2N2O/c1-17(20-6-4-3-5-7-20)14-18(2)28-12-10-19(11-13-28)15-24(29)27-23-9-8-21(25)16-22(23)26/h3-9,16-19H,10-15H2,1-2H3,(H,27,29)/t17-,18-/m0/s1. The van der Waals surface area contributed by atoms with Crippen molar-refractivity contribution >= 4 is 11.6 Å². The first-order valence-corrected chi connectivity index (χ1v) is 10.5. The Kier molecular flexibility index (Phi) is 7.37. The Morgan fingerprint density at radius 2 is 1.79 bits per heavy atom. The molecule has 0 radical (unpaired) electrons. The smallest absolute Gasteiger partial charge is 0.224 e. The summed E-state index contributed by atoms with van der Waals surface area (Å²) in [5.74, 6) is -0.786. The van der Waals surface area contributed by atoms with Crippen LogP contribution in [0.2, 0.25) is 0 Å². The maximum Gasteiger partial charge on any atom is 0.224 e. The molecule has 5 heteroatoms. The summed E-state index contributed by atoms with van der Waals surface area (Å²) in [5, 5.41) is 2.57. The van der Waals surface area contributed by atoms with Gasteiger partial charge in [0, 0.05) is 18.5 Å². The van der Waals surface area contributed by atoms with Gasteiger partial charge in [0.05, 0.1) is 5.69 Å². The minimum Gasteiger partial charge on any atom is -0.324 e. The van der Waals surface area contributed by atoms with Gasteiger partial charge in [-0.15, -0.1) is 0 Å². The van der Waals surface area contributed by atoms with E-state index < -0.39 is 11.6 Å². The third-order valence-electron chi connectivity index (χ3n) is 6.02. The number of nitrogens with zero attached hydrogens (tertiary/aromatic N) is 1. The van der Waals surface area contributed by atoms with E-state index in [0.717, 1.165) is 44.5 Å². The molecule has 0 spiro atoms. The second kappa shape index (κ2) is 9.97. The molecule has 0 saturated carbocycles. The monoisotopic (exact) mass is 400 g/mol. The van der Waals surface area contributed by atoms with E-state index in [1.54, 1.807) is 0 Å². The topological polar surface area (TPSA) is 32.3 Å². The lowest BCUT2D eigenvalue weighted by molar-refractivity contribution is -0.117. The quantitative estimate of drug-likeness (QED) is 0.657. The van der Waals surface area contributed by atoms with Crippen LogP contribution in [-0.2, 0) is 4.79 Å². The first-order valence-electron chi connectivity index (χ1n) is 10.5. The highest BCUT2D eigenvalue weighted by Gasteiger charge is 2.25. The van der Waals surface area contributed by atoms with E-state index in [2.05, 4.69) is 48.3 Å². The second-order valence-corrected chi connectivity index (χ2v) is 8.25. The number of nitrogens with one attached hydrogen (secondary N) is 1. The number of carbonyl (C=O) groups excluding carboxylic acids is 1. The molecular formula is C24H30F2N2O. The van der Waals surface area contributed by atoms with Gasteiger partial charge in [-0.3, -0.25) is 4.79 Å². The molecule has 3 rings (SSSR count). The Hall–Kier alpha value is -2.27. The summed E-state index contributed by atoms with van der Waals surface area (Å²) >= 11 is 0. The Morgan fingerprint density at radius 1 is 1.10 bits per heavy atom. The summed E-state index contributed by atoms with van der Waals surface area (Å²) in [6.07, 6.45) is 3.41. The van der Waals surface area contributed by atoms with Crippen LogP contribution in [0.25, 0.3) is 0 Å². The maximum absolute atomic E-state index is 13.7. The Bertz CT molecular complexity index is 804. The predicted molar refractivity (Wildman–Crippen MR) is 113 cm³/mol. The molecule has 3 nitrogen and oxygen atoms in total. The van der Waals surface area contributed by atoms with Gasteiger partial charge in [0.15, 0.2) is 0 Å². The van der Waals surface area contributed by atoms with Gasteiger partial charge in [-0.2, -0.15) is 0 Å². The Labute approximate surface area is 172 Å². The number of anilines is 1. The van der Waals surface area contributed by atoms with Crippen LogP contribution in [0, 0.1) is 17.6 Å². The summed E-state index contributed by atoms with van der Waals surface area (Å²) in [6.45, 7) is 6.51. The van der Waals surface area contributed by atoms with Gasteiger partial charge in [0.1, 0.15) is 11.6 Å². The lowest BCUT2D eigenvalue weighted by atomic mass is 9.90. The minimum atomic E-state index is -0.741. The van der Waals surface area contributed by atoms with Gasteiger partial charge in [0.2, 0.25) is 5.91 Å². The molecule has 29 heavy (non-hydrogen) atoms. The molecule has 156 valence electrons. The van der Waals surface area contributed by atoms with Gasteiger partial charge in [-0.25, -0.2) is 8.78 Å². The van der Waals surface area contributed by atoms with Crippen molar-refractivity contribution in [3.63, 3.8) is 0 Å². The Balaban J connectivity index is 1.43. The molecule has 1 aliphatic rings. The van der Waals surface area contributed by atoms with Gasteiger partial charge >= 0.3 is 0 Å². The molecule has 0 unspecified atom stereocenters. The number of halogens is 2. The summed E-state index contributed by atoms with van der Waals surface area (Å²) in [6, 6.07) is 14.3. The fraction of sp³-hybridized carbons (Fsp3) is 0.458. The predicted octanol–water partition coefficient (Wildman–Crippen LogP) is 5.59. The lowest BCUT2D eigenvalue weighted by Crippen LogP contribution is -2.41. The van der Waals surface area contributed by atoms with Crippen LogP contribution in [0.15, 0.2) is 48.5 Å². The molecule has 1 saturated heterocycles. The van der Waals surface area contributed by atoms with Crippen LogP contribution >= 0.6 is 0 Å². The molecule has 1 N–H and O–H groups in total. The second-order valence-electron chi connectivity index (χ2n) is 8.25. The summed E-state index contributed by atoms with van der Waals surface area (Å²) in [7, 11) is 0. The molecule has 0 bridgehead atoms. The van der Waals surface area contributed by atoms with Crippen LogP contribution in [0.5, 0.6) is 0 Å². The van der Waals surface area contributed by atoms with Crippen molar-refractivity contribution in [2.75, 3.05) is 18.4 Å². The van der Waals surface area contributed by atoms with Crippen LogP contribution in [0.3, 0.4) is 0 Å². The van der Waals surface area contributed by atoms with E-state index in [0.29, 0.717) is 24.3 Å². The normalized spacial score (nSPS) is 17.7. The molecule has 1 heterocycles. The first kappa shape index (κ1) is 21.4. The number of amides is 1. The molecule has 0 aliphatic carbocycles. The van der Waals surface area contributed by atoms with Crippen LogP contribution < -0.4 is 5.32 Å². The highest BCUT2D eigenvalue weighted by atomic mass is 19.1. The molecule has 1 amide bonds. The van der Waals surface area contributed by atoms with E-state index in [-0.39, 0.29) is 11.6 Å². The number of carbonyl (C=O) groups is 1. The maximum atomic E-state index is 13.7. The van der Waals surface area contributed by atoms with E-state index in [9.17, 15) is 13.6 Å². The number of benzene rings is 2. The third kappa shape index (κ3) is 6.10. The molecule has 0 aromatic heterocycles. The van der Waals surface area contributed by atoms with Crippen molar-refractivity contribution < 1.29 is 13.6 Å². The number of piperidine rings is 1. The molecule has 1 fully saturated rings. The van der Waals surface area contributed by atoms with E-state index in [1.807, 2.05) is 6.07 Å². The van der Waals surface area contributed by atoms with Crippen LogP contribution in [0.4, 0.5) is 14.5 Å². The summed E-state index contributed by atoms with van der Waals surface area (Å²) in [4.78, 5) is 14.8. The average Bonchev–Trinajstić information content (AvgIpc) is 2.71. The fourth-order valence-electron chi connectivity index (χ4n) is 4.23. The van der Waals surface area contributed by atoms with Gasteiger partial charge in [-0.1, -0.05) is 37.3 Å². The van der Waals surface area contributed by atoms with Crippen molar-refractivity contribution in [1.82, 2.24) is 4.90 Å². The lowest BCUT2D eigenvalue weighted by Gasteiger charge is -2.37. The van der Waals surface area contributed by atoms with Crippen LogP contribution in [-0.4, -0.2) is 29.9 Å². The third-order valence-corrected chi connectivity index (χ3v) is 6.02. The average molecular weight is 401 g/mol. The Morgan fingerprint density at radius 3 is 2.45 bits per heavy atom. The number of rotatable bonds is 7. The van der Waals surface area contributed by atoms with Gasteiger partial charge < -0.3 is 10.2 Å². The molecule has 2 atom stereocenters. The number of hydrogen-bond donors (Lipinski definition) is 1. The molecule has 2 aromatic carbocycles. The zero-order valence-electron chi connectivity index (χ0n) is 17.2. The van der Waals surface area contributed by atoms with E-state index in [1.165, 1.54) is 11.6 Å². The van der Waals surface area contributed by atoms with Crippen molar-refractivity contribution in [3.8, 4) is 0 Å². The zero-order chi connectivity index (χ0) is 20.8. The largest absolute Gasteiger partial charge is 0.324 e. The minimum absolute atomic E-state index is 0.0392. The molecule has 2 aromatic rings. The first-order chi connectivity index (χ1) is 13.9. The highest BCUT2D eigenvalue weighted by molar-refractivity contribution is 5.90. The van der Waals surface area contributed by atoms with E-state index in [4.69, 9.17) is 0 Å².